The van der Waals surface area contributed by atoms with Crippen LogP contribution in [-0.2, 0) is 4.74 Å². The molecule has 4 nitrogen and oxygen atoms in total. The van der Waals surface area contributed by atoms with Crippen molar-refractivity contribution in [2.75, 3.05) is 45.9 Å². The van der Waals surface area contributed by atoms with Crippen molar-refractivity contribution < 1.29 is 9.84 Å². The monoisotopic (exact) mass is 298 g/mol. The Labute approximate surface area is 130 Å². The molecule has 0 aromatic carbocycles. The van der Waals surface area contributed by atoms with E-state index in [9.17, 15) is 0 Å². The molecule has 2 atom stereocenters. The Morgan fingerprint density at radius 1 is 1.14 bits per heavy atom. The Hall–Kier alpha value is -0.160. The first kappa shape index (κ1) is 17.2. The Kier molecular flexibility index (Phi) is 8.01. The molecule has 2 N–H and O–H groups in total. The normalized spacial score (nSPS) is 28.9. The lowest BCUT2D eigenvalue weighted by Gasteiger charge is -2.31. The van der Waals surface area contributed by atoms with Crippen LogP contribution in [0.4, 0.5) is 0 Å². The minimum absolute atomic E-state index is 0.292. The molecule has 1 aliphatic carbocycles. The Morgan fingerprint density at radius 3 is 2.62 bits per heavy atom. The topological polar surface area (TPSA) is 44.7 Å². The summed E-state index contributed by atoms with van der Waals surface area (Å²) in [7, 11) is 0. The van der Waals surface area contributed by atoms with Crippen LogP contribution in [0.5, 0.6) is 0 Å². The quantitative estimate of drug-likeness (QED) is 0.672. The van der Waals surface area contributed by atoms with E-state index in [-0.39, 0.29) is 0 Å². The number of ether oxygens (including phenoxy) is 1. The molecule has 124 valence electrons. The van der Waals surface area contributed by atoms with Crippen molar-refractivity contribution in [3.8, 4) is 0 Å². The number of hydrogen-bond donors (Lipinski definition) is 2. The molecule has 0 radical (unpaired) electrons. The first-order valence-corrected chi connectivity index (χ1v) is 8.95. The molecule has 0 spiro atoms. The fraction of sp³-hybridized carbons (Fsp3) is 1.00. The van der Waals surface area contributed by atoms with Crippen LogP contribution in [0, 0.1) is 11.8 Å². The third-order valence-corrected chi connectivity index (χ3v) is 5.20. The largest absolute Gasteiger partial charge is 0.395 e. The van der Waals surface area contributed by atoms with Gasteiger partial charge in [-0.05, 0) is 57.2 Å². The van der Waals surface area contributed by atoms with Gasteiger partial charge in [0, 0.05) is 13.1 Å². The molecule has 2 rings (SSSR count). The molecule has 1 heterocycles. The van der Waals surface area contributed by atoms with Crippen molar-refractivity contribution in [2.24, 2.45) is 11.8 Å². The van der Waals surface area contributed by atoms with Gasteiger partial charge in [0.1, 0.15) is 0 Å². The number of nitrogens with one attached hydrogen (secondary N) is 1. The van der Waals surface area contributed by atoms with E-state index in [1.165, 1.54) is 38.5 Å². The molecule has 1 aliphatic heterocycles. The van der Waals surface area contributed by atoms with E-state index in [2.05, 4.69) is 17.1 Å². The summed E-state index contributed by atoms with van der Waals surface area (Å²) in [6, 6.07) is 0. The minimum Gasteiger partial charge on any atom is -0.395 e. The highest BCUT2D eigenvalue weighted by Gasteiger charge is 2.21. The highest BCUT2D eigenvalue weighted by atomic mass is 16.5. The second-order valence-electron chi connectivity index (χ2n) is 6.88. The Balaban J connectivity index is 1.47. The summed E-state index contributed by atoms with van der Waals surface area (Å²) in [6.07, 6.45) is 8.33. The van der Waals surface area contributed by atoms with Gasteiger partial charge >= 0.3 is 0 Å². The second-order valence-corrected chi connectivity index (χ2v) is 6.88. The van der Waals surface area contributed by atoms with Crippen molar-refractivity contribution >= 4 is 0 Å². The van der Waals surface area contributed by atoms with Crippen molar-refractivity contribution in [1.29, 1.82) is 0 Å². The fourth-order valence-electron chi connectivity index (χ4n) is 3.67. The molecule has 2 aliphatic rings. The molecular formula is C17H34N2O2. The van der Waals surface area contributed by atoms with Gasteiger partial charge in [-0.25, -0.2) is 0 Å². The van der Waals surface area contributed by atoms with E-state index < -0.39 is 0 Å². The number of aliphatic hydroxyl groups is 1. The standard InChI is InChI=1S/C17H34N2O2/c1-15-4-2-3-5-17(15)21-13-8-18-14-16-6-9-19(10-7-16)11-12-20/h15-18,20H,2-14H2,1H3/t15-,17-/m1/s1. The lowest BCUT2D eigenvalue weighted by Crippen LogP contribution is -2.39. The van der Waals surface area contributed by atoms with Gasteiger partial charge in [-0.3, -0.25) is 0 Å². The fourth-order valence-corrected chi connectivity index (χ4v) is 3.67. The predicted octanol–water partition coefficient (Wildman–Crippen LogP) is 1.88. The summed E-state index contributed by atoms with van der Waals surface area (Å²) >= 11 is 0. The van der Waals surface area contributed by atoms with Crippen LogP contribution < -0.4 is 5.32 Å². The summed E-state index contributed by atoms with van der Waals surface area (Å²) < 4.78 is 6.04. The zero-order valence-electron chi connectivity index (χ0n) is 13.7. The highest BCUT2D eigenvalue weighted by Crippen LogP contribution is 2.26. The molecule has 1 saturated heterocycles. The van der Waals surface area contributed by atoms with Crippen molar-refractivity contribution in [3.05, 3.63) is 0 Å². The molecule has 4 heteroatoms. The van der Waals surface area contributed by atoms with Gasteiger partial charge in [-0.15, -0.1) is 0 Å². The van der Waals surface area contributed by atoms with Crippen LogP contribution in [-0.4, -0.2) is 62.0 Å². The van der Waals surface area contributed by atoms with Crippen LogP contribution in [0.3, 0.4) is 0 Å². The summed E-state index contributed by atoms with van der Waals surface area (Å²) in [6.45, 7) is 8.71. The van der Waals surface area contributed by atoms with Gasteiger partial charge in [0.2, 0.25) is 0 Å². The first-order chi connectivity index (χ1) is 10.3. The van der Waals surface area contributed by atoms with Gasteiger partial charge < -0.3 is 20.1 Å². The zero-order chi connectivity index (χ0) is 14.9. The summed E-state index contributed by atoms with van der Waals surface area (Å²) in [5.74, 6) is 1.54. The number of hydrogen-bond acceptors (Lipinski definition) is 4. The molecule has 0 aromatic heterocycles. The van der Waals surface area contributed by atoms with E-state index in [4.69, 9.17) is 9.84 Å². The van der Waals surface area contributed by atoms with Gasteiger partial charge in [0.15, 0.2) is 0 Å². The van der Waals surface area contributed by atoms with Gasteiger partial charge in [-0.2, -0.15) is 0 Å². The summed E-state index contributed by atoms with van der Waals surface area (Å²) in [4.78, 5) is 2.37. The maximum absolute atomic E-state index is 8.94. The summed E-state index contributed by atoms with van der Waals surface area (Å²) in [5, 5.41) is 12.5. The van der Waals surface area contributed by atoms with Gasteiger partial charge in [-0.1, -0.05) is 19.8 Å². The SMILES string of the molecule is C[C@@H]1CCCC[C@H]1OCCNCC1CCN(CCO)CC1. The molecule has 0 aromatic rings. The number of piperidine rings is 1. The van der Waals surface area contributed by atoms with E-state index in [0.717, 1.165) is 51.2 Å². The lowest BCUT2D eigenvalue weighted by atomic mass is 9.88. The first-order valence-electron chi connectivity index (χ1n) is 8.95. The second kappa shape index (κ2) is 9.78. The van der Waals surface area contributed by atoms with Crippen molar-refractivity contribution in [1.82, 2.24) is 10.2 Å². The molecule has 0 unspecified atom stereocenters. The molecule has 1 saturated carbocycles. The number of likely N-dealkylation sites (tertiary alicyclic amines) is 1. The number of aliphatic hydroxyl groups excluding tert-OH is 1. The van der Waals surface area contributed by atoms with Gasteiger partial charge in [0.05, 0.1) is 19.3 Å². The van der Waals surface area contributed by atoms with E-state index in [1.807, 2.05) is 0 Å². The number of nitrogens with zero attached hydrogens (tertiary/aromatic N) is 1. The average molecular weight is 298 g/mol. The molecule has 21 heavy (non-hydrogen) atoms. The van der Waals surface area contributed by atoms with Crippen molar-refractivity contribution in [3.63, 3.8) is 0 Å². The van der Waals surface area contributed by atoms with Gasteiger partial charge in [0.25, 0.3) is 0 Å². The lowest BCUT2D eigenvalue weighted by molar-refractivity contribution is -0.00351. The zero-order valence-corrected chi connectivity index (χ0v) is 13.7. The Bertz CT molecular complexity index is 268. The van der Waals surface area contributed by atoms with Crippen LogP contribution in [0.1, 0.15) is 45.4 Å². The minimum atomic E-state index is 0.292. The van der Waals surface area contributed by atoms with Crippen LogP contribution in [0.2, 0.25) is 0 Å². The van der Waals surface area contributed by atoms with Crippen LogP contribution >= 0.6 is 0 Å². The van der Waals surface area contributed by atoms with Crippen LogP contribution in [0.15, 0.2) is 0 Å². The maximum atomic E-state index is 8.94. The average Bonchev–Trinajstić information content (AvgIpc) is 2.51. The molecule has 2 fully saturated rings. The van der Waals surface area contributed by atoms with Crippen LogP contribution in [0.25, 0.3) is 0 Å². The molecule has 0 bridgehead atoms. The summed E-state index contributed by atoms with van der Waals surface area (Å²) in [5.41, 5.74) is 0. The third-order valence-electron chi connectivity index (χ3n) is 5.20. The molecule has 0 amide bonds. The number of rotatable bonds is 8. The Morgan fingerprint density at radius 2 is 1.90 bits per heavy atom. The maximum Gasteiger partial charge on any atom is 0.0601 e. The predicted molar refractivity (Wildman–Crippen MR) is 86.5 cm³/mol. The van der Waals surface area contributed by atoms with E-state index in [0.29, 0.717) is 12.7 Å². The van der Waals surface area contributed by atoms with E-state index >= 15 is 0 Å². The molecular weight excluding hydrogens is 264 g/mol. The highest BCUT2D eigenvalue weighted by molar-refractivity contribution is 4.74. The van der Waals surface area contributed by atoms with E-state index in [1.54, 1.807) is 0 Å². The van der Waals surface area contributed by atoms with Crippen molar-refractivity contribution in [2.45, 2.75) is 51.6 Å². The number of β-amino-alcohol motifs (C(OH)–C–C–N with tert-alkyl or cyclic N) is 1. The third kappa shape index (κ3) is 6.23. The smallest absolute Gasteiger partial charge is 0.0601 e.